The fourth-order valence-corrected chi connectivity index (χ4v) is 2.21. The Labute approximate surface area is 113 Å². The molecule has 0 aliphatic carbocycles. The van der Waals surface area contributed by atoms with E-state index in [1.165, 1.54) is 11.6 Å². The topological polar surface area (TPSA) is 24.9 Å². The van der Waals surface area contributed by atoms with E-state index in [0.717, 1.165) is 23.2 Å². The Hall–Kier alpha value is -1.74. The van der Waals surface area contributed by atoms with Crippen molar-refractivity contribution in [1.82, 2.24) is 10.3 Å². The van der Waals surface area contributed by atoms with Crippen molar-refractivity contribution in [2.24, 2.45) is 0 Å². The number of likely N-dealkylation sites (N-methyl/N-ethyl adjacent to an activating group) is 1. The van der Waals surface area contributed by atoms with Crippen LogP contribution in [0.25, 0.3) is 0 Å². The van der Waals surface area contributed by atoms with E-state index in [4.69, 9.17) is 0 Å². The third-order valence-electron chi connectivity index (χ3n) is 3.37. The lowest BCUT2D eigenvalue weighted by molar-refractivity contribution is 0.571. The first-order valence-corrected chi connectivity index (χ1v) is 6.45. The minimum absolute atomic E-state index is 0.143. The molecule has 1 N–H and O–H groups in total. The Bertz CT molecular complexity index is 566. The van der Waals surface area contributed by atoms with Gasteiger partial charge < -0.3 is 5.32 Å². The number of hydrogen-bond donors (Lipinski definition) is 1. The minimum Gasteiger partial charge on any atom is -0.311 e. The molecule has 0 aliphatic rings. The summed E-state index contributed by atoms with van der Waals surface area (Å²) in [5.74, 6) is -0.184. The van der Waals surface area contributed by atoms with Crippen LogP contribution in [0.4, 0.5) is 4.39 Å². The summed E-state index contributed by atoms with van der Waals surface area (Å²) < 4.78 is 13.1. The third-order valence-corrected chi connectivity index (χ3v) is 3.37. The fourth-order valence-electron chi connectivity index (χ4n) is 2.21. The summed E-state index contributed by atoms with van der Waals surface area (Å²) in [7, 11) is 1.92. The van der Waals surface area contributed by atoms with Crippen molar-refractivity contribution in [3.8, 4) is 0 Å². The van der Waals surface area contributed by atoms with Crippen molar-refractivity contribution in [2.45, 2.75) is 26.3 Å². The van der Waals surface area contributed by atoms with Crippen LogP contribution in [-0.4, -0.2) is 12.0 Å². The number of pyridine rings is 1. The second-order valence-corrected chi connectivity index (χ2v) is 4.87. The van der Waals surface area contributed by atoms with Gasteiger partial charge in [-0.15, -0.1) is 0 Å². The molecular formula is C16H19FN2. The lowest BCUT2D eigenvalue weighted by Gasteiger charge is -2.17. The fraction of sp³-hybridized carbons (Fsp3) is 0.312. The molecule has 2 aromatic rings. The third kappa shape index (κ3) is 3.38. The summed E-state index contributed by atoms with van der Waals surface area (Å²) >= 11 is 0. The molecule has 0 radical (unpaired) electrons. The van der Waals surface area contributed by atoms with Crippen LogP contribution >= 0.6 is 0 Å². The van der Waals surface area contributed by atoms with Gasteiger partial charge in [0.15, 0.2) is 0 Å². The van der Waals surface area contributed by atoms with Crippen LogP contribution in [0.15, 0.2) is 36.5 Å². The van der Waals surface area contributed by atoms with Crippen LogP contribution in [-0.2, 0) is 6.42 Å². The van der Waals surface area contributed by atoms with Gasteiger partial charge in [0.25, 0.3) is 0 Å². The van der Waals surface area contributed by atoms with Crippen LogP contribution in [0.1, 0.15) is 28.4 Å². The minimum atomic E-state index is -0.184. The highest BCUT2D eigenvalue weighted by Gasteiger charge is 2.13. The smallest absolute Gasteiger partial charge is 0.123 e. The van der Waals surface area contributed by atoms with Crippen LogP contribution in [0.3, 0.4) is 0 Å². The summed E-state index contributed by atoms with van der Waals surface area (Å²) in [4.78, 5) is 4.42. The van der Waals surface area contributed by atoms with Crippen LogP contribution in [0.5, 0.6) is 0 Å². The Morgan fingerprint density at radius 3 is 2.63 bits per heavy atom. The lowest BCUT2D eigenvalue weighted by atomic mass is 9.98. The van der Waals surface area contributed by atoms with E-state index in [1.54, 1.807) is 6.07 Å². The molecule has 0 bridgehead atoms. The Morgan fingerprint density at radius 1 is 1.21 bits per heavy atom. The summed E-state index contributed by atoms with van der Waals surface area (Å²) in [5.41, 5.74) is 4.34. The van der Waals surface area contributed by atoms with E-state index in [0.29, 0.717) is 0 Å². The Morgan fingerprint density at radius 2 is 2.00 bits per heavy atom. The zero-order chi connectivity index (χ0) is 13.8. The average molecular weight is 258 g/mol. The molecular weight excluding hydrogens is 239 g/mol. The molecule has 19 heavy (non-hydrogen) atoms. The molecule has 1 atom stereocenters. The molecule has 1 unspecified atom stereocenters. The van der Waals surface area contributed by atoms with Gasteiger partial charge in [-0.05, 0) is 68.3 Å². The van der Waals surface area contributed by atoms with Crippen LogP contribution in [0.2, 0.25) is 0 Å². The van der Waals surface area contributed by atoms with Crippen molar-refractivity contribution in [1.29, 1.82) is 0 Å². The molecule has 0 fully saturated rings. The first-order chi connectivity index (χ1) is 9.10. The Balaban J connectivity index is 2.24. The van der Waals surface area contributed by atoms with E-state index in [-0.39, 0.29) is 11.9 Å². The standard InChI is InChI=1S/C16H19FN2/c1-11-6-7-19-16(8-11)15(18-3)10-13-4-5-14(17)9-12(13)2/h4-9,15,18H,10H2,1-3H3. The normalized spacial score (nSPS) is 12.4. The highest BCUT2D eigenvalue weighted by Crippen LogP contribution is 2.20. The Kier molecular flexibility index (Phi) is 4.27. The molecule has 3 heteroatoms. The van der Waals surface area contributed by atoms with E-state index >= 15 is 0 Å². The zero-order valence-corrected chi connectivity index (χ0v) is 11.6. The maximum Gasteiger partial charge on any atom is 0.123 e. The molecule has 1 heterocycles. The van der Waals surface area contributed by atoms with Gasteiger partial charge in [0.1, 0.15) is 5.82 Å². The van der Waals surface area contributed by atoms with Crippen molar-refractivity contribution in [3.05, 3.63) is 64.7 Å². The van der Waals surface area contributed by atoms with Crippen molar-refractivity contribution in [2.75, 3.05) is 7.05 Å². The van der Waals surface area contributed by atoms with Gasteiger partial charge in [-0.1, -0.05) is 6.07 Å². The van der Waals surface area contributed by atoms with Gasteiger partial charge in [0.2, 0.25) is 0 Å². The average Bonchev–Trinajstić information content (AvgIpc) is 2.38. The maximum absolute atomic E-state index is 13.1. The van der Waals surface area contributed by atoms with Crippen molar-refractivity contribution < 1.29 is 4.39 Å². The summed E-state index contributed by atoms with van der Waals surface area (Å²) in [6.45, 7) is 4.00. The maximum atomic E-state index is 13.1. The molecule has 1 aromatic heterocycles. The van der Waals surface area contributed by atoms with E-state index in [9.17, 15) is 4.39 Å². The number of aromatic nitrogens is 1. The van der Waals surface area contributed by atoms with Gasteiger partial charge in [0.05, 0.1) is 11.7 Å². The number of nitrogens with one attached hydrogen (secondary N) is 1. The highest BCUT2D eigenvalue weighted by molar-refractivity contribution is 5.29. The number of halogens is 1. The summed E-state index contributed by atoms with van der Waals surface area (Å²) in [6, 6.07) is 9.15. The SMILES string of the molecule is CNC(Cc1ccc(F)cc1C)c1cc(C)ccn1. The monoisotopic (exact) mass is 258 g/mol. The predicted molar refractivity (Wildman–Crippen MR) is 75.6 cm³/mol. The molecule has 0 saturated heterocycles. The molecule has 2 nitrogen and oxygen atoms in total. The van der Waals surface area contributed by atoms with Crippen molar-refractivity contribution >= 4 is 0 Å². The number of hydrogen-bond acceptors (Lipinski definition) is 2. The lowest BCUT2D eigenvalue weighted by Crippen LogP contribution is -2.20. The highest BCUT2D eigenvalue weighted by atomic mass is 19.1. The van der Waals surface area contributed by atoms with E-state index in [1.807, 2.05) is 32.3 Å². The van der Waals surface area contributed by atoms with Gasteiger partial charge in [-0.25, -0.2) is 4.39 Å². The second-order valence-electron chi connectivity index (χ2n) is 4.87. The van der Waals surface area contributed by atoms with Crippen LogP contribution in [0, 0.1) is 19.7 Å². The number of aryl methyl sites for hydroxylation is 2. The molecule has 1 aromatic carbocycles. The number of rotatable bonds is 4. The number of nitrogens with zero attached hydrogens (tertiary/aromatic N) is 1. The molecule has 100 valence electrons. The number of benzene rings is 1. The summed E-state index contributed by atoms with van der Waals surface area (Å²) in [6.07, 6.45) is 2.63. The van der Waals surface area contributed by atoms with E-state index < -0.39 is 0 Å². The van der Waals surface area contributed by atoms with Gasteiger partial charge in [-0.2, -0.15) is 0 Å². The molecule has 0 amide bonds. The van der Waals surface area contributed by atoms with E-state index in [2.05, 4.69) is 23.3 Å². The molecule has 0 spiro atoms. The summed E-state index contributed by atoms with van der Waals surface area (Å²) in [5, 5.41) is 3.28. The first kappa shape index (κ1) is 13.7. The molecule has 0 aliphatic heterocycles. The zero-order valence-electron chi connectivity index (χ0n) is 11.6. The van der Waals surface area contributed by atoms with Gasteiger partial charge >= 0.3 is 0 Å². The first-order valence-electron chi connectivity index (χ1n) is 6.45. The van der Waals surface area contributed by atoms with Gasteiger partial charge in [-0.3, -0.25) is 4.98 Å². The quantitative estimate of drug-likeness (QED) is 0.909. The molecule has 2 rings (SSSR count). The van der Waals surface area contributed by atoms with Crippen molar-refractivity contribution in [3.63, 3.8) is 0 Å². The van der Waals surface area contributed by atoms with Gasteiger partial charge in [0, 0.05) is 6.20 Å². The molecule has 0 saturated carbocycles. The second kappa shape index (κ2) is 5.93. The predicted octanol–water partition coefficient (Wildman–Crippen LogP) is 3.34. The van der Waals surface area contributed by atoms with Crippen LogP contribution < -0.4 is 5.32 Å². The largest absolute Gasteiger partial charge is 0.311 e.